The molecule has 0 aromatic carbocycles. The van der Waals surface area contributed by atoms with E-state index in [9.17, 15) is 4.79 Å². The molecule has 0 fully saturated rings. The summed E-state index contributed by atoms with van der Waals surface area (Å²) in [5.41, 5.74) is 6.20. The highest BCUT2D eigenvalue weighted by atomic mass is 16.3. The van der Waals surface area contributed by atoms with Gasteiger partial charge in [0.2, 0.25) is 5.76 Å². The second-order valence-electron chi connectivity index (χ2n) is 4.30. The molecule has 0 bridgehead atoms. The van der Waals surface area contributed by atoms with Gasteiger partial charge >= 0.3 is 0 Å². The first kappa shape index (κ1) is 12.7. The van der Waals surface area contributed by atoms with Crippen LogP contribution in [0.25, 0.3) is 0 Å². The molecule has 5 heteroatoms. The van der Waals surface area contributed by atoms with Crippen LogP contribution in [-0.4, -0.2) is 23.5 Å². The van der Waals surface area contributed by atoms with Crippen LogP contribution in [0.5, 0.6) is 0 Å². The Balaban J connectivity index is 2.59. The van der Waals surface area contributed by atoms with Crippen molar-refractivity contribution in [3.8, 4) is 0 Å². The normalized spacial score (nSPS) is 12.8. The standard InChI is InChI=1S/C11H19N3O2/c1-7(2)4-9(5-12)14-11(15)10-8(3)13-6-16-10/h6-7,9H,4-5,12H2,1-3H3,(H,14,15). The largest absolute Gasteiger partial charge is 0.438 e. The molecule has 1 aromatic rings. The summed E-state index contributed by atoms with van der Waals surface area (Å²) in [6.07, 6.45) is 2.12. The Hall–Kier alpha value is -1.36. The highest BCUT2D eigenvalue weighted by Gasteiger charge is 2.18. The number of carbonyl (C=O) groups excluding carboxylic acids is 1. The van der Waals surface area contributed by atoms with Crippen LogP contribution >= 0.6 is 0 Å². The second kappa shape index (κ2) is 5.65. The van der Waals surface area contributed by atoms with Crippen molar-refractivity contribution in [3.63, 3.8) is 0 Å². The maximum Gasteiger partial charge on any atom is 0.289 e. The molecule has 0 radical (unpaired) electrons. The van der Waals surface area contributed by atoms with Crippen LogP contribution in [0.3, 0.4) is 0 Å². The number of aromatic nitrogens is 1. The van der Waals surface area contributed by atoms with Crippen molar-refractivity contribution in [2.45, 2.75) is 33.2 Å². The van der Waals surface area contributed by atoms with Gasteiger partial charge in [-0.3, -0.25) is 4.79 Å². The first-order valence-corrected chi connectivity index (χ1v) is 5.45. The number of aryl methyl sites for hydroxylation is 1. The van der Waals surface area contributed by atoms with Gasteiger partial charge in [0.15, 0.2) is 6.39 Å². The maximum absolute atomic E-state index is 11.8. The van der Waals surface area contributed by atoms with Gasteiger partial charge in [0.05, 0.1) is 5.69 Å². The average molecular weight is 225 g/mol. The Bertz CT molecular complexity index is 347. The third-order valence-corrected chi connectivity index (χ3v) is 2.33. The lowest BCUT2D eigenvalue weighted by atomic mass is 10.0. The zero-order chi connectivity index (χ0) is 12.1. The van der Waals surface area contributed by atoms with Gasteiger partial charge in [0.1, 0.15) is 0 Å². The average Bonchev–Trinajstić information content (AvgIpc) is 2.62. The number of nitrogens with two attached hydrogens (primary N) is 1. The van der Waals surface area contributed by atoms with Gasteiger partial charge in [0.25, 0.3) is 5.91 Å². The Morgan fingerprint density at radius 2 is 2.31 bits per heavy atom. The summed E-state index contributed by atoms with van der Waals surface area (Å²) >= 11 is 0. The Kier molecular flexibility index (Phi) is 4.49. The molecule has 5 nitrogen and oxygen atoms in total. The fourth-order valence-electron chi connectivity index (χ4n) is 1.55. The van der Waals surface area contributed by atoms with Gasteiger partial charge in [-0.1, -0.05) is 13.8 Å². The van der Waals surface area contributed by atoms with Gasteiger partial charge in [-0.2, -0.15) is 0 Å². The maximum atomic E-state index is 11.8. The number of oxazole rings is 1. The van der Waals surface area contributed by atoms with Gasteiger partial charge in [-0.25, -0.2) is 4.98 Å². The van der Waals surface area contributed by atoms with Crippen molar-refractivity contribution in [3.05, 3.63) is 17.8 Å². The zero-order valence-corrected chi connectivity index (χ0v) is 9.99. The lowest BCUT2D eigenvalue weighted by Crippen LogP contribution is -2.41. The molecule has 90 valence electrons. The molecule has 0 aliphatic heterocycles. The van der Waals surface area contributed by atoms with E-state index in [0.29, 0.717) is 18.2 Å². The molecule has 1 heterocycles. The van der Waals surface area contributed by atoms with E-state index in [4.69, 9.17) is 10.2 Å². The number of nitrogens with one attached hydrogen (secondary N) is 1. The predicted octanol–water partition coefficient (Wildman–Crippen LogP) is 1.09. The van der Waals surface area contributed by atoms with Crippen LogP contribution in [0.1, 0.15) is 36.5 Å². The summed E-state index contributed by atoms with van der Waals surface area (Å²) in [4.78, 5) is 15.6. The summed E-state index contributed by atoms with van der Waals surface area (Å²) in [5, 5.41) is 2.84. The van der Waals surface area contributed by atoms with Crippen molar-refractivity contribution in [2.75, 3.05) is 6.54 Å². The highest BCUT2D eigenvalue weighted by molar-refractivity contribution is 5.92. The molecule has 1 rings (SSSR count). The molecule has 0 spiro atoms. The first-order valence-electron chi connectivity index (χ1n) is 5.45. The van der Waals surface area contributed by atoms with Crippen LogP contribution in [-0.2, 0) is 0 Å². The van der Waals surface area contributed by atoms with E-state index in [-0.39, 0.29) is 17.7 Å². The van der Waals surface area contributed by atoms with Crippen LogP contribution in [0.4, 0.5) is 0 Å². The minimum Gasteiger partial charge on any atom is -0.438 e. The van der Waals surface area contributed by atoms with Crippen LogP contribution in [0.2, 0.25) is 0 Å². The smallest absolute Gasteiger partial charge is 0.289 e. The predicted molar refractivity (Wildman–Crippen MR) is 61.0 cm³/mol. The van der Waals surface area contributed by atoms with Crippen molar-refractivity contribution in [2.24, 2.45) is 11.7 Å². The number of amides is 1. The minimum absolute atomic E-state index is 0.0167. The fourth-order valence-corrected chi connectivity index (χ4v) is 1.55. The van der Waals surface area contributed by atoms with E-state index in [2.05, 4.69) is 24.1 Å². The first-order chi connectivity index (χ1) is 7.54. The van der Waals surface area contributed by atoms with Gasteiger partial charge in [0, 0.05) is 12.6 Å². The van der Waals surface area contributed by atoms with Crippen molar-refractivity contribution in [1.29, 1.82) is 0 Å². The molecule has 0 saturated heterocycles. The van der Waals surface area contributed by atoms with E-state index in [1.807, 2.05) is 0 Å². The SMILES string of the molecule is Cc1ncoc1C(=O)NC(CN)CC(C)C. The van der Waals surface area contributed by atoms with E-state index < -0.39 is 0 Å². The number of rotatable bonds is 5. The van der Waals surface area contributed by atoms with Gasteiger partial charge < -0.3 is 15.5 Å². The third-order valence-electron chi connectivity index (χ3n) is 2.33. The molecule has 1 unspecified atom stereocenters. The molecular formula is C11H19N3O2. The molecule has 16 heavy (non-hydrogen) atoms. The van der Waals surface area contributed by atoms with E-state index in [1.165, 1.54) is 6.39 Å². The molecule has 1 atom stereocenters. The number of carbonyl (C=O) groups is 1. The molecule has 0 aliphatic rings. The molecular weight excluding hydrogens is 206 g/mol. The van der Waals surface area contributed by atoms with Crippen LogP contribution in [0.15, 0.2) is 10.8 Å². The van der Waals surface area contributed by atoms with Crippen molar-refractivity contribution < 1.29 is 9.21 Å². The van der Waals surface area contributed by atoms with E-state index in [1.54, 1.807) is 6.92 Å². The number of hydrogen-bond donors (Lipinski definition) is 2. The molecule has 3 N–H and O–H groups in total. The third kappa shape index (κ3) is 3.34. The highest BCUT2D eigenvalue weighted by Crippen LogP contribution is 2.07. The minimum atomic E-state index is -0.244. The summed E-state index contributed by atoms with van der Waals surface area (Å²) in [7, 11) is 0. The number of nitrogens with zero attached hydrogens (tertiary/aromatic N) is 1. The second-order valence-corrected chi connectivity index (χ2v) is 4.30. The zero-order valence-electron chi connectivity index (χ0n) is 9.99. The van der Waals surface area contributed by atoms with Crippen LogP contribution in [0, 0.1) is 12.8 Å². The van der Waals surface area contributed by atoms with E-state index >= 15 is 0 Å². The lowest BCUT2D eigenvalue weighted by molar-refractivity contribution is 0.0905. The molecule has 0 aliphatic carbocycles. The van der Waals surface area contributed by atoms with Gasteiger partial charge in [-0.15, -0.1) is 0 Å². The molecule has 0 saturated carbocycles. The lowest BCUT2D eigenvalue weighted by Gasteiger charge is -2.18. The molecule has 1 amide bonds. The monoisotopic (exact) mass is 225 g/mol. The topological polar surface area (TPSA) is 81.2 Å². The quantitative estimate of drug-likeness (QED) is 0.785. The van der Waals surface area contributed by atoms with Crippen molar-refractivity contribution >= 4 is 5.91 Å². The fraction of sp³-hybridized carbons (Fsp3) is 0.636. The van der Waals surface area contributed by atoms with Crippen LogP contribution < -0.4 is 11.1 Å². The number of hydrogen-bond acceptors (Lipinski definition) is 4. The Morgan fingerprint density at radius 3 is 2.75 bits per heavy atom. The van der Waals surface area contributed by atoms with Crippen molar-refractivity contribution in [1.82, 2.24) is 10.3 Å². The summed E-state index contributed by atoms with van der Waals surface area (Å²) in [5.74, 6) is 0.512. The summed E-state index contributed by atoms with van der Waals surface area (Å²) in [6.45, 7) is 6.35. The Labute approximate surface area is 95.4 Å². The van der Waals surface area contributed by atoms with E-state index in [0.717, 1.165) is 6.42 Å². The Morgan fingerprint density at radius 1 is 1.62 bits per heavy atom. The summed E-state index contributed by atoms with van der Waals surface area (Å²) < 4.78 is 5.01. The summed E-state index contributed by atoms with van der Waals surface area (Å²) in [6, 6.07) is -0.0167. The van der Waals surface area contributed by atoms with Gasteiger partial charge in [-0.05, 0) is 19.3 Å². The molecule has 1 aromatic heterocycles.